The maximum absolute atomic E-state index is 12.3. The Morgan fingerprint density at radius 1 is 1.14 bits per heavy atom. The Bertz CT molecular complexity index is 895. The fourth-order valence-electron chi connectivity index (χ4n) is 2.74. The molecule has 1 N–H and O–H groups in total. The zero-order chi connectivity index (χ0) is 20.8. The van der Waals surface area contributed by atoms with E-state index in [0.29, 0.717) is 22.9 Å². The molecule has 152 valence electrons. The number of benzene rings is 2. The lowest BCUT2D eigenvalue weighted by molar-refractivity contribution is -0.130. The zero-order valence-electron chi connectivity index (χ0n) is 16.4. The Hall–Kier alpha value is -3.55. The average Bonchev–Trinajstić information content (AvgIpc) is 2.72. The topological polar surface area (TPSA) is 88.2 Å². The van der Waals surface area contributed by atoms with Gasteiger partial charge in [0.2, 0.25) is 5.91 Å². The summed E-state index contributed by atoms with van der Waals surface area (Å²) in [6, 6.07) is 14.0. The second kappa shape index (κ2) is 9.09. The number of carbonyl (C=O) groups excluding carboxylic acids is 3. The molecule has 0 spiro atoms. The Morgan fingerprint density at radius 2 is 1.86 bits per heavy atom. The van der Waals surface area contributed by atoms with Gasteiger partial charge in [-0.2, -0.15) is 0 Å². The fourth-order valence-corrected chi connectivity index (χ4v) is 2.74. The van der Waals surface area contributed by atoms with Crippen LogP contribution < -0.4 is 19.7 Å². The molecular formula is C21H23N3O5. The van der Waals surface area contributed by atoms with Gasteiger partial charge < -0.3 is 24.6 Å². The van der Waals surface area contributed by atoms with E-state index >= 15 is 0 Å². The molecule has 0 bridgehead atoms. The number of nitrogens with one attached hydrogen (secondary N) is 1. The molecule has 0 aromatic heterocycles. The normalized spacial score (nSPS) is 12.6. The molecule has 1 aliphatic heterocycles. The summed E-state index contributed by atoms with van der Waals surface area (Å²) in [6.07, 6.45) is 0.148. The van der Waals surface area contributed by atoms with E-state index in [0.717, 1.165) is 0 Å². The maximum atomic E-state index is 12.3. The van der Waals surface area contributed by atoms with E-state index in [2.05, 4.69) is 5.32 Å². The number of anilines is 2. The second-order valence-corrected chi connectivity index (χ2v) is 6.70. The number of ether oxygens (including phenoxy) is 2. The van der Waals surface area contributed by atoms with E-state index in [1.807, 2.05) is 12.1 Å². The number of hydrogen-bond donors (Lipinski definition) is 1. The van der Waals surface area contributed by atoms with Gasteiger partial charge in [-0.05, 0) is 36.4 Å². The van der Waals surface area contributed by atoms with Crippen LogP contribution in [0.5, 0.6) is 11.5 Å². The van der Waals surface area contributed by atoms with Gasteiger partial charge in [-0.25, -0.2) is 0 Å². The van der Waals surface area contributed by atoms with Crippen molar-refractivity contribution in [1.82, 2.24) is 4.90 Å². The SMILES string of the molecule is CN(C)C(=O)COc1ccc(NC(=O)CCN2C(=O)COc3ccccc32)cc1. The number of likely N-dealkylation sites (N-methyl/N-ethyl adjacent to an activating group) is 1. The smallest absolute Gasteiger partial charge is 0.265 e. The highest BCUT2D eigenvalue weighted by atomic mass is 16.5. The summed E-state index contributed by atoms with van der Waals surface area (Å²) >= 11 is 0. The summed E-state index contributed by atoms with van der Waals surface area (Å²) in [7, 11) is 3.32. The molecule has 0 saturated heterocycles. The molecule has 8 nitrogen and oxygen atoms in total. The third-order valence-corrected chi connectivity index (χ3v) is 4.37. The molecule has 1 heterocycles. The Kier molecular flexibility index (Phi) is 6.33. The lowest BCUT2D eigenvalue weighted by atomic mass is 10.2. The minimum atomic E-state index is -0.210. The third kappa shape index (κ3) is 5.25. The first kappa shape index (κ1) is 20.2. The summed E-state index contributed by atoms with van der Waals surface area (Å²) < 4.78 is 10.8. The first-order valence-electron chi connectivity index (χ1n) is 9.19. The van der Waals surface area contributed by atoms with Crippen molar-refractivity contribution in [3.63, 3.8) is 0 Å². The van der Waals surface area contributed by atoms with Crippen molar-refractivity contribution in [2.24, 2.45) is 0 Å². The summed E-state index contributed by atoms with van der Waals surface area (Å²) in [6.45, 7) is 0.184. The number of amides is 3. The zero-order valence-corrected chi connectivity index (χ0v) is 16.4. The summed E-state index contributed by atoms with van der Waals surface area (Å²) in [4.78, 5) is 39.0. The van der Waals surface area contributed by atoms with Gasteiger partial charge in [-0.15, -0.1) is 0 Å². The lowest BCUT2D eigenvalue weighted by Gasteiger charge is -2.29. The first-order valence-corrected chi connectivity index (χ1v) is 9.19. The average molecular weight is 397 g/mol. The van der Waals surface area contributed by atoms with Crippen molar-refractivity contribution < 1.29 is 23.9 Å². The molecule has 8 heteroatoms. The van der Waals surface area contributed by atoms with Gasteiger partial charge in [-0.3, -0.25) is 14.4 Å². The molecular weight excluding hydrogens is 374 g/mol. The van der Waals surface area contributed by atoms with E-state index in [-0.39, 0.29) is 43.9 Å². The van der Waals surface area contributed by atoms with Crippen LogP contribution in [-0.4, -0.2) is 56.5 Å². The molecule has 2 aromatic rings. The second-order valence-electron chi connectivity index (χ2n) is 6.70. The van der Waals surface area contributed by atoms with Crippen molar-refractivity contribution >= 4 is 29.1 Å². The number of nitrogens with zero attached hydrogens (tertiary/aromatic N) is 2. The van der Waals surface area contributed by atoms with Crippen LogP contribution in [0.15, 0.2) is 48.5 Å². The monoisotopic (exact) mass is 397 g/mol. The lowest BCUT2D eigenvalue weighted by Crippen LogP contribution is -2.40. The van der Waals surface area contributed by atoms with Crippen molar-refractivity contribution in [3.05, 3.63) is 48.5 Å². The molecule has 0 saturated carbocycles. The van der Waals surface area contributed by atoms with Gasteiger partial charge in [0.1, 0.15) is 11.5 Å². The summed E-state index contributed by atoms with van der Waals surface area (Å²) in [5, 5.41) is 2.79. The van der Waals surface area contributed by atoms with Crippen LogP contribution in [0, 0.1) is 0 Å². The highest BCUT2D eigenvalue weighted by Crippen LogP contribution is 2.31. The van der Waals surface area contributed by atoms with Crippen molar-refractivity contribution in [2.75, 3.05) is 44.1 Å². The Morgan fingerprint density at radius 3 is 2.59 bits per heavy atom. The van der Waals surface area contributed by atoms with Crippen LogP contribution in [-0.2, 0) is 14.4 Å². The Labute approximate surface area is 169 Å². The molecule has 0 unspecified atom stereocenters. The van der Waals surface area contributed by atoms with Gasteiger partial charge in [0.05, 0.1) is 5.69 Å². The Balaban J connectivity index is 1.51. The quantitative estimate of drug-likeness (QED) is 0.771. The van der Waals surface area contributed by atoms with Crippen LogP contribution in [0.1, 0.15) is 6.42 Å². The van der Waals surface area contributed by atoms with Gasteiger partial charge >= 0.3 is 0 Å². The molecule has 2 aromatic carbocycles. The number of fused-ring (bicyclic) bond motifs is 1. The molecule has 0 radical (unpaired) electrons. The van der Waals surface area contributed by atoms with Crippen molar-refractivity contribution in [1.29, 1.82) is 0 Å². The molecule has 1 aliphatic rings. The number of hydrogen-bond acceptors (Lipinski definition) is 5. The standard InChI is InChI=1S/C21H23N3O5/c1-23(2)20(26)13-28-16-9-7-15(8-10-16)22-19(25)11-12-24-17-5-3-4-6-18(17)29-14-21(24)27/h3-10H,11-14H2,1-2H3,(H,22,25). The van der Waals surface area contributed by atoms with Crippen LogP contribution in [0.25, 0.3) is 0 Å². The van der Waals surface area contributed by atoms with Crippen LogP contribution in [0.2, 0.25) is 0 Å². The number of rotatable bonds is 7. The van der Waals surface area contributed by atoms with E-state index in [9.17, 15) is 14.4 Å². The maximum Gasteiger partial charge on any atom is 0.265 e. The van der Waals surface area contributed by atoms with E-state index in [4.69, 9.17) is 9.47 Å². The van der Waals surface area contributed by atoms with Crippen molar-refractivity contribution in [3.8, 4) is 11.5 Å². The molecule has 3 amide bonds. The van der Waals surface area contributed by atoms with E-state index in [1.165, 1.54) is 4.90 Å². The molecule has 3 rings (SSSR count). The highest BCUT2D eigenvalue weighted by molar-refractivity contribution is 5.99. The van der Waals surface area contributed by atoms with Gasteiger partial charge in [-0.1, -0.05) is 12.1 Å². The van der Waals surface area contributed by atoms with E-state index in [1.54, 1.807) is 55.4 Å². The fraction of sp³-hybridized carbons (Fsp3) is 0.286. The predicted octanol–water partition coefficient (Wildman–Crippen LogP) is 1.91. The van der Waals surface area contributed by atoms with Gasteiger partial charge in [0.25, 0.3) is 11.8 Å². The summed E-state index contributed by atoms with van der Waals surface area (Å²) in [5.74, 6) is 0.648. The minimum Gasteiger partial charge on any atom is -0.484 e. The van der Waals surface area contributed by atoms with Gasteiger partial charge in [0.15, 0.2) is 13.2 Å². The third-order valence-electron chi connectivity index (χ3n) is 4.37. The molecule has 29 heavy (non-hydrogen) atoms. The van der Waals surface area contributed by atoms with Gasteiger partial charge in [0, 0.05) is 32.7 Å². The number of para-hydroxylation sites is 2. The summed E-state index contributed by atoms with van der Waals surface area (Å²) in [5.41, 5.74) is 1.28. The molecule has 0 atom stereocenters. The number of carbonyl (C=O) groups is 3. The first-order chi connectivity index (χ1) is 13.9. The molecule has 0 aliphatic carbocycles. The minimum absolute atomic E-state index is 0.0313. The predicted molar refractivity (Wildman–Crippen MR) is 108 cm³/mol. The van der Waals surface area contributed by atoms with Crippen LogP contribution in [0.3, 0.4) is 0 Å². The molecule has 0 fully saturated rings. The van der Waals surface area contributed by atoms with Crippen LogP contribution in [0.4, 0.5) is 11.4 Å². The van der Waals surface area contributed by atoms with E-state index < -0.39 is 0 Å². The largest absolute Gasteiger partial charge is 0.484 e. The highest BCUT2D eigenvalue weighted by Gasteiger charge is 2.25. The van der Waals surface area contributed by atoms with Crippen molar-refractivity contribution in [2.45, 2.75) is 6.42 Å². The van der Waals surface area contributed by atoms with Crippen LogP contribution >= 0.6 is 0 Å².